The minimum Gasteiger partial charge on any atom is -0.354 e. The van der Waals surface area contributed by atoms with E-state index in [-0.39, 0.29) is 30.4 Å². The molecule has 0 aliphatic rings. The van der Waals surface area contributed by atoms with Gasteiger partial charge in [-0.3, -0.25) is 4.79 Å². The first-order valence-electron chi connectivity index (χ1n) is 6.49. The smallest absolute Gasteiger partial charge is 0.354 e. The van der Waals surface area contributed by atoms with E-state index in [1.165, 1.54) is 18.2 Å². The van der Waals surface area contributed by atoms with Crippen LogP contribution >= 0.6 is 12.4 Å². The molecule has 0 saturated carbocycles. The summed E-state index contributed by atoms with van der Waals surface area (Å²) in [5, 5.41) is 5.73. The van der Waals surface area contributed by atoms with Gasteiger partial charge in [-0.05, 0) is 25.1 Å². The van der Waals surface area contributed by atoms with Crippen molar-refractivity contribution < 1.29 is 18.0 Å². The van der Waals surface area contributed by atoms with Crippen molar-refractivity contribution in [2.75, 3.05) is 13.1 Å². The van der Waals surface area contributed by atoms with Crippen molar-refractivity contribution >= 4 is 18.3 Å². The number of hydrogen-bond acceptors (Lipinski definition) is 2. The first-order chi connectivity index (χ1) is 9.34. The zero-order valence-corrected chi connectivity index (χ0v) is 12.8. The maximum absolute atomic E-state index is 12.8. The van der Waals surface area contributed by atoms with Gasteiger partial charge in [0.1, 0.15) is 0 Å². The lowest BCUT2D eigenvalue weighted by Gasteiger charge is -2.15. The van der Waals surface area contributed by atoms with Gasteiger partial charge in [-0.1, -0.05) is 25.1 Å². The van der Waals surface area contributed by atoms with E-state index in [0.717, 1.165) is 12.6 Å². The van der Waals surface area contributed by atoms with Crippen LogP contribution in [-0.2, 0) is 17.4 Å². The van der Waals surface area contributed by atoms with Crippen LogP contribution in [0.4, 0.5) is 13.2 Å². The van der Waals surface area contributed by atoms with Gasteiger partial charge in [-0.15, -0.1) is 12.4 Å². The molecule has 7 heteroatoms. The molecule has 3 nitrogen and oxygen atoms in total. The molecule has 0 heterocycles. The zero-order valence-electron chi connectivity index (χ0n) is 12.0. The Labute approximate surface area is 128 Å². The van der Waals surface area contributed by atoms with Crippen molar-refractivity contribution in [3.63, 3.8) is 0 Å². The number of halogens is 4. The molecule has 0 aliphatic carbocycles. The summed E-state index contributed by atoms with van der Waals surface area (Å²) in [7, 11) is 0. The Balaban J connectivity index is 0.00000400. The van der Waals surface area contributed by atoms with Crippen LogP contribution in [0.2, 0.25) is 0 Å². The Bertz CT molecular complexity index is 452. The fourth-order valence-corrected chi connectivity index (χ4v) is 1.87. The number of likely N-dealkylation sites (N-methyl/N-ethyl adjacent to an activating group) is 1. The number of benzene rings is 1. The van der Waals surface area contributed by atoms with Gasteiger partial charge in [0.25, 0.3) is 0 Å². The standard InChI is InChI=1S/C14H19F3N2O.ClH/c1-3-18-10(2)9-19-13(20)8-11-6-4-5-7-12(11)14(15,16)17;/h4-7,10,18H,3,8-9H2,1-2H3,(H,19,20);1H/t10-;/m1./s1. The second-order valence-corrected chi connectivity index (χ2v) is 4.59. The van der Waals surface area contributed by atoms with Crippen molar-refractivity contribution in [3.05, 3.63) is 35.4 Å². The highest BCUT2D eigenvalue weighted by atomic mass is 35.5. The number of alkyl halides is 3. The van der Waals surface area contributed by atoms with Crippen molar-refractivity contribution in [2.45, 2.75) is 32.5 Å². The highest BCUT2D eigenvalue weighted by Gasteiger charge is 2.33. The first kappa shape index (κ1) is 19.7. The molecule has 0 saturated heterocycles. The van der Waals surface area contributed by atoms with Crippen molar-refractivity contribution in [1.29, 1.82) is 0 Å². The van der Waals surface area contributed by atoms with Crippen LogP contribution in [0.15, 0.2) is 24.3 Å². The van der Waals surface area contributed by atoms with E-state index < -0.39 is 17.6 Å². The fraction of sp³-hybridized carbons (Fsp3) is 0.500. The summed E-state index contributed by atoms with van der Waals surface area (Å²) in [5.74, 6) is -0.411. The molecule has 1 aromatic rings. The summed E-state index contributed by atoms with van der Waals surface area (Å²) in [6.07, 6.45) is -4.71. The summed E-state index contributed by atoms with van der Waals surface area (Å²) in [5.41, 5.74) is -0.761. The number of amides is 1. The molecule has 1 atom stereocenters. The molecule has 120 valence electrons. The van der Waals surface area contributed by atoms with Gasteiger partial charge in [-0.2, -0.15) is 13.2 Å². The number of hydrogen-bond donors (Lipinski definition) is 2. The van der Waals surface area contributed by atoms with Crippen LogP contribution in [0.1, 0.15) is 25.0 Å². The molecular weight excluding hydrogens is 305 g/mol. The second kappa shape index (κ2) is 8.89. The van der Waals surface area contributed by atoms with E-state index in [1.807, 2.05) is 13.8 Å². The molecule has 2 N–H and O–H groups in total. The molecule has 21 heavy (non-hydrogen) atoms. The van der Waals surface area contributed by atoms with Crippen molar-refractivity contribution in [1.82, 2.24) is 10.6 Å². The number of nitrogens with one attached hydrogen (secondary N) is 2. The molecule has 0 fully saturated rings. The quantitative estimate of drug-likeness (QED) is 0.845. The van der Waals surface area contributed by atoms with E-state index in [2.05, 4.69) is 10.6 Å². The first-order valence-corrected chi connectivity index (χ1v) is 6.49. The van der Waals surface area contributed by atoms with Crippen LogP contribution in [0.3, 0.4) is 0 Å². The van der Waals surface area contributed by atoms with Crippen LogP contribution in [-0.4, -0.2) is 25.0 Å². The topological polar surface area (TPSA) is 41.1 Å². The van der Waals surface area contributed by atoms with Crippen molar-refractivity contribution in [2.24, 2.45) is 0 Å². The fourth-order valence-electron chi connectivity index (χ4n) is 1.87. The minimum atomic E-state index is -4.44. The average molecular weight is 325 g/mol. The summed E-state index contributed by atoms with van der Waals surface area (Å²) in [6, 6.07) is 5.22. The Morgan fingerprint density at radius 2 is 1.90 bits per heavy atom. The summed E-state index contributed by atoms with van der Waals surface area (Å²) in [4.78, 5) is 11.7. The molecule has 0 aliphatic heterocycles. The Kier molecular flexibility index (Phi) is 8.36. The van der Waals surface area contributed by atoms with E-state index in [1.54, 1.807) is 0 Å². The van der Waals surface area contributed by atoms with Crippen LogP contribution in [0.5, 0.6) is 0 Å². The maximum Gasteiger partial charge on any atom is 0.416 e. The van der Waals surface area contributed by atoms with Gasteiger partial charge in [0, 0.05) is 12.6 Å². The molecular formula is C14H20ClF3N2O. The monoisotopic (exact) mass is 324 g/mol. The van der Waals surface area contributed by atoms with Crippen molar-refractivity contribution in [3.8, 4) is 0 Å². The summed E-state index contributed by atoms with van der Waals surface area (Å²) >= 11 is 0. The summed E-state index contributed by atoms with van der Waals surface area (Å²) in [6.45, 7) is 5.00. The van der Waals surface area contributed by atoms with Gasteiger partial charge in [0.2, 0.25) is 5.91 Å². The molecule has 0 radical (unpaired) electrons. The minimum absolute atomic E-state index is 0. The van der Waals surface area contributed by atoms with Crippen LogP contribution < -0.4 is 10.6 Å². The Morgan fingerprint density at radius 1 is 1.29 bits per heavy atom. The predicted molar refractivity (Wildman–Crippen MR) is 78.5 cm³/mol. The van der Waals surface area contributed by atoms with Crippen LogP contribution in [0.25, 0.3) is 0 Å². The van der Waals surface area contributed by atoms with Gasteiger partial charge < -0.3 is 10.6 Å². The van der Waals surface area contributed by atoms with Gasteiger partial charge in [-0.25, -0.2) is 0 Å². The van der Waals surface area contributed by atoms with Crippen LogP contribution in [0, 0.1) is 0 Å². The number of carbonyl (C=O) groups excluding carboxylic acids is 1. The molecule has 1 amide bonds. The van der Waals surface area contributed by atoms with Gasteiger partial charge in [0.05, 0.1) is 12.0 Å². The lowest BCUT2D eigenvalue weighted by atomic mass is 10.0. The highest BCUT2D eigenvalue weighted by Crippen LogP contribution is 2.31. The molecule has 0 unspecified atom stereocenters. The summed E-state index contributed by atoms with van der Waals surface area (Å²) < 4.78 is 38.3. The number of carbonyl (C=O) groups is 1. The third kappa shape index (κ3) is 6.82. The highest BCUT2D eigenvalue weighted by molar-refractivity contribution is 5.85. The van der Waals surface area contributed by atoms with Gasteiger partial charge in [0.15, 0.2) is 0 Å². The Morgan fingerprint density at radius 3 is 2.48 bits per heavy atom. The third-order valence-corrected chi connectivity index (χ3v) is 2.83. The largest absolute Gasteiger partial charge is 0.416 e. The SMILES string of the molecule is CCN[C@H](C)CNC(=O)Cc1ccccc1C(F)(F)F.Cl. The maximum atomic E-state index is 12.8. The van der Waals surface area contributed by atoms with E-state index in [0.29, 0.717) is 6.54 Å². The number of rotatable bonds is 6. The lowest BCUT2D eigenvalue weighted by Crippen LogP contribution is -2.39. The lowest BCUT2D eigenvalue weighted by molar-refractivity contribution is -0.138. The molecule has 0 bridgehead atoms. The average Bonchev–Trinajstić information content (AvgIpc) is 2.36. The predicted octanol–water partition coefficient (Wildman–Crippen LogP) is 2.78. The normalized spacial score (nSPS) is 12.4. The van der Waals surface area contributed by atoms with E-state index in [4.69, 9.17) is 0 Å². The third-order valence-electron chi connectivity index (χ3n) is 2.83. The van der Waals surface area contributed by atoms with Gasteiger partial charge >= 0.3 is 6.18 Å². The van der Waals surface area contributed by atoms with E-state index in [9.17, 15) is 18.0 Å². The molecule has 0 spiro atoms. The Hall–Kier alpha value is -1.27. The molecule has 1 aromatic carbocycles. The van der Waals surface area contributed by atoms with E-state index >= 15 is 0 Å². The zero-order chi connectivity index (χ0) is 15.2. The molecule has 1 rings (SSSR count). The molecule has 0 aromatic heterocycles. The second-order valence-electron chi connectivity index (χ2n) is 4.59.